The molecule has 3 atom stereocenters. The minimum Gasteiger partial charge on any atom is -0.357 e. The van der Waals surface area contributed by atoms with Crippen LogP contribution in [-0.4, -0.2) is 40.3 Å². The van der Waals surface area contributed by atoms with Crippen LogP contribution in [0.3, 0.4) is 0 Å². The number of guanidine groups is 1. The summed E-state index contributed by atoms with van der Waals surface area (Å²) in [5.74, 6) is 1.32. The van der Waals surface area contributed by atoms with Crippen LogP contribution in [0.15, 0.2) is 29.3 Å². The van der Waals surface area contributed by atoms with Crippen LogP contribution in [-0.2, 0) is 16.2 Å². The third-order valence-electron chi connectivity index (χ3n) is 5.23. The van der Waals surface area contributed by atoms with Crippen molar-refractivity contribution >= 4 is 40.7 Å². The van der Waals surface area contributed by atoms with Crippen molar-refractivity contribution in [2.45, 2.75) is 70.1 Å². The summed E-state index contributed by atoms with van der Waals surface area (Å²) in [5, 5.41) is 7.16. The molecule has 160 valence electrons. The van der Waals surface area contributed by atoms with E-state index in [0.29, 0.717) is 17.8 Å². The normalized spacial score (nSPS) is 21.5. The van der Waals surface area contributed by atoms with Crippen molar-refractivity contribution in [1.29, 1.82) is 0 Å². The zero-order valence-electron chi connectivity index (χ0n) is 17.5. The van der Waals surface area contributed by atoms with Gasteiger partial charge in [0, 0.05) is 39.8 Å². The maximum Gasteiger partial charge on any atom is 0.191 e. The fourth-order valence-electron chi connectivity index (χ4n) is 3.53. The van der Waals surface area contributed by atoms with Gasteiger partial charge in [-0.2, -0.15) is 0 Å². The zero-order chi connectivity index (χ0) is 19.9. The highest BCUT2D eigenvalue weighted by Gasteiger charge is 2.26. The summed E-state index contributed by atoms with van der Waals surface area (Å²) in [7, 11) is -0.728. The first-order chi connectivity index (χ1) is 12.9. The molecule has 4 nitrogen and oxygen atoms in total. The smallest absolute Gasteiger partial charge is 0.191 e. The fraction of sp³-hybridized carbons (Fsp3) is 0.667. The van der Waals surface area contributed by atoms with E-state index in [1.807, 2.05) is 19.1 Å². The monoisotopic (exact) mass is 523 g/mol. The molecule has 1 fully saturated rings. The number of hydrogen-bond donors (Lipinski definition) is 2. The van der Waals surface area contributed by atoms with E-state index < -0.39 is 10.8 Å². The predicted molar refractivity (Wildman–Crippen MR) is 129 cm³/mol. The van der Waals surface area contributed by atoms with Gasteiger partial charge in [-0.05, 0) is 43.9 Å². The molecule has 1 saturated carbocycles. The zero-order valence-corrected chi connectivity index (χ0v) is 20.6. The molecular weight excluding hydrogens is 488 g/mol. The van der Waals surface area contributed by atoms with Crippen LogP contribution in [0.1, 0.15) is 58.9 Å². The van der Waals surface area contributed by atoms with E-state index in [2.05, 4.69) is 31.4 Å². The SMILES string of the molecule is CCNC(=NCC(C)(C)c1ccc(F)cc1)NC1CCCC(S(=O)CC)C1.I. The van der Waals surface area contributed by atoms with Crippen LogP contribution in [0.25, 0.3) is 0 Å². The van der Waals surface area contributed by atoms with Gasteiger partial charge in [0.15, 0.2) is 5.96 Å². The molecular formula is C21H35FIN3OS. The lowest BCUT2D eigenvalue weighted by Gasteiger charge is -2.30. The van der Waals surface area contributed by atoms with E-state index >= 15 is 0 Å². The quantitative estimate of drug-likeness (QED) is 0.318. The maximum atomic E-state index is 13.2. The van der Waals surface area contributed by atoms with Gasteiger partial charge in [0.05, 0.1) is 6.54 Å². The number of rotatable bonds is 7. The average molecular weight is 524 g/mol. The molecule has 0 amide bonds. The van der Waals surface area contributed by atoms with Crippen molar-refractivity contribution in [2.24, 2.45) is 4.99 Å². The van der Waals surface area contributed by atoms with E-state index in [1.54, 1.807) is 0 Å². The number of hydrogen-bond acceptors (Lipinski definition) is 2. The Morgan fingerprint density at radius 2 is 1.93 bits per heavy atom. The van der Waals surface area contributed by atoms with E-state index in [9.17, 15) is 8.60 Å². The Kier molecular flexibility index (Phi) is 10.9. The molecule has 1 aromatic rings. The molecule has 0 radical (unpaired) electrons. The molecule has 0 bridgehead atoms. The van der Waals surface area contributed by atoms with E-state index in [0.717, 1.165) is 49.5 Å². The summed E-state index contributed by atoms with van der Waals surface area (Å²) in [6.07, 6.45) is 4.19. The average Bonchev–Trinajstić information content (AvgIpc) is 2.66. The van der Waals surface area contributed by atoms with Crippen molar-refractivity contribution < 1.29 is 8.60 Å². The minimum atomic E-state index is -0.728. The van der Waals surface area contributed by atoms with Gasteiger partial charge in [-0.15, -0.1) is 24.0 Å². The van der Waals surface area contributed by atoms with Gasteiger partial charge in [-0.25, -0.2) is 4.39 Å². The molecule has 0 spiro atoms. The van der Waals surface area contributed by atoms with Crippen molar-refractivity contribution in [3.63, 3.8) is 0 Å². The highest BCUT2D eigenvalue weighted by Crippen LogP contribution is 2.25. The molecule has 7 heteroatoms. The first kappa shape index (κ1) is 25.3. The predicted octanol–water partition coefficient (Wildman–Crippen LogP) is 4.36. The second-order valence-electron chi connectivity index (χ2n) is 7.89. The van der Waals surface area contributed by atoms with Gasteiger partial charge in [0.2, 0.25) is 0 Å². The van der Waals surface area contributed by atoms with Gasteiger partial charge in [-0.1, -0.05) is 39.3 Å². The topological polar surface area (TPSA) is 53.5 Å². The first-order valence-corrected chi connectivity index (χ1v) is 11.4. The molecule has 0 aromatic heterocycles. The molecule has 2 N–H and O–H groups in total. The number of nitrogens with one attached hydrogen (secondary N) is 2. The summed E-state index contributed by atoms with van der Waals surface area (Å²) >= 11 is 0. The Bertz CT molecular complexity index is 652. The lowest BCUT2D eigenvalue weighted by Crippen LogP contribution is -2.47. The molecule has 0 aliphatic heterocycles. The molecule has 0 saturated heterocycles. The second-order valence-corrected chi connectivity index (χ2v) is 9.89. The number of aliphatic imine (C=N–C) groups is 1. The van der Waals surface area contributed by atoms with Crippen molar-refractivity contribution in [2.75, 3.05) is 18.8 Å². The Hall–Kier alpha value is -0.700. The summed E-state index contributed by atoms with van der Waals surface area (Å²) in [5.41, 5.74) is 0.883. The molecule has 1 aliphatic rings. The Morgan fingerprint density at radius 1 is 1.25 bits per heavy atom. The van der Waals surface area contributed by atoms with Gasteiger partial charge < -0.3 is 10.6 Å². The maximum absolute atomic E-state index is 13.2. The van der Waals surface area contributed by atoms with Crippen LogP contribution in [0.4, 0.5) is 4.39 Å². The lowest BCUT2D eigenvalue weighted by atomic mass is 9.85. The fourth-order valence-corrected chi connectivity index (χ4v) is 4.88. The summed E-state index contributed by atoms with van der Waals surface area (Å²) in [4.78, 5) is 4.79. The molecule has 2 rings (SSSR count). The number of benzene rings is 1. The van der Waals surface area contributed by atoms with Gasteiger partial charge >= 0.3 is 0 Å². The third-order valence-corrected chi connectivity index (χ3v) is 6.97. The van der Waals surface area contributed by atoms with E-state index in [4.69, 9.17) is 4.99 Å². The van der Waals surface area contributed by atoms with Crippen molar-refractivity contribution in [3.05, 3.63) is 35.6 Å². The standard InChI is InChI=1S/C21H34FN3OS.HI/c1-5-23-20(25-18-8-7-9-19(14-18)27(26)6-2)24-15-21(3,4)16-10-12-17(22)13-11-16;/h10-13,18-19H,5-9,14-15H2,1-4H3,(H2,23,24,25);1H. The highest BCUT2D eigenvalue weighted by atomic mass is 127. The minimum absolute atomic E-state index is 0. The van der Waals surface area contributed by atoms with Gasteiger partial charge in [0.1, 0.15) is 5.82 Å². The highest BCUT2D eigenvalue weighted by molar-refractivity contribution is 14.0. The summed E-state index contributed by atoms with van der Waals surface area (Å²) in [6, 6.07) is 6.97. The number of nitrogens with zero attached hydrogens (tertiary/aromatic N) is 1. The van der Waals surface area contributed by atoms with Gasteiger partial charge in [0.25, 0.3) is 0 Å². The van der Waals surface area contributed by atoms with Crippen LogP contribution in [0.2, 0.25) is 0 Å². The summed E-state index contributed by atoms with van der Waals surface area (Å²) < 4.78 is 25.4. The van der Waals surface area contributed by atoms with Gasteiger partial charge in [-0.3, -0.25) is 9.20 Å². The van der Waals surface area contributed by atoms with Crippen molar-refractivity contribution in [3.8, 4) is 0 Å². The molecule has 1 aliphatic carbocycles. The number of halogens is 2. The molecule has 28 heavy (non-hydrogen) atoms. The van der Waals surface area contributed by atoms with Crippen molar-refractivity contribution in [1.82, 2.24) is 10.6 Å². The largest absolute Gasteiger partial charge is 0.357 e. The molecule has 1 aromatic carbocycles. The Balaban J connectivity index is 0.00000392. The van der Waals surface area contributed by atoms with Crippen LogP contribution in [0, 0.1) is 5.82 Å². The van der Waals surface area contributed by atoms with E-state index in [1.165, 1.54) is 12.1 Å². The Morgan fingerprint density at radius 3 is 2.54 bits per heavy atom. The lowest BCUT2D eigenvalue weighted by molar-refractivity contribution is 0.412. The van der Waals surface area contributed by atoms with Crippen LogP contribution >= 0.6 is 24.0 Å². The summed E-state index contributed by atoms with van der Waals surface area (Å²) in [6.45, 7) is 9.68. The van der Waals surface area contributed by atoms with Crippen LogP contribution in [0.5, 0.6) is 0 Å². The first-order valence-electron chi connectivity index (χ1n) is 10.0. The van der Waals surface area contributed by atoms with Crippen LogP contribution < -0.4 is 10.6 Å². The molecule has 3 unspecified atom stereocenters. The Labute approximate surface area is 189 Å². The molecule has 0 heterocycles. The third kappa shape index (κ3) is 7.61. The van der Waals surface area contributed by atoms with E-state index in [-0.39, 0.29) is 35.2 Å². The second kappa shape index (κ2) is 12.1.